The molecule has 3 aromatic rings. The molecule has 1 aromatic heterocycles. The summed E-state index contributed by atoms with van der Waals surface area (Å²) < 4.78 is 40.1. The molecule has 0 aliphatic carbocycles. The van der Waals surface area contributed by atoms with Gasteiger partial charge in [-0.3, -0.25) is 9.69 Å². The molecule has 0 N–H and O–H groups in total. The van der Waals surface area contributed by atoms with Gasteiger partial charge in [-0.25, -0.2) is 17.8 Å². The van der Waals surface area contributed by atoms with Crippen molar-refractivity contribution in [3.05, 3.63) is 80.9 Å². The molecule has 194 valence electrons. The maximum atomic E-state index is 13.4. The summed E-state index contributed by atoms with van der Waals surface area (Å²) in [6.07, 6.45) is 5.05. The summed E-state index contributed by atoms with van der Waals surface area (Å²) in [5.41, 5.74) is 3.61. The number of benzene rings is 2. The van der Waals surface area contributed by atoms with Gasteiger partial charge in [0.15, 0.2) is 0 Å². The number of carbonyl (C=O) groups excluding carboxylic acids is 1. The minimum atomic E-state index is -3.20. The predicted octanol–water partition coefficient (Wildman–Crippen LogP) is 3.53. The van der Waals surface area contributed by atoms with Crippen molar-refractivity contribution in [3.8, 4) is 6.07 Å². The van der Waals surface area contributed by atoms with Crippen LogP contribution in [0, 0.1) is 14.9 Å². The standard InChI is InChI=1S/C26H27FIN5O3S/c1-37(35,36)7-6-23-16-33(24-9-21(11-27)8-22(28)10-24)26(34)17-31(23)15-25-13-30-18-32(25)14-20-4-2-19(12-29)3-5-20/h2-5,8-10,13,18,23H,6-7,11,14-17H2,1H3/t23-/m0/s1. The third kappa shape index (κ3) is 7.15. The number of halogens is 2. The number of piperazine rings is 1. The zero-order valence-electron chi connectivity index (χ0n) is 20.3. The molecule has 11 heteroatoms. The van der Waals surface area contributed by atoms with Gasteiger partial charge in [-0.1, -0.05) is 12.1 Å². The molecule has 0 saturated carbocycles. The van der Waals surface area contributed by atoms with Gasteiger partial charge in [0.05, 0.1) is 36.0 Å². The lowest BCUT2D eigenvalue weighted by Crippen LogP contribution is -2.56. The smallest absolute Gasteiger partial charge is 0.241 e. The lowest BCUT2D eigenvalue weighted by molar-refractivity contribution is -0.122. The summed E-state index contributed by atoms with van der Waals surface area (Å²) in [7, 11) is -3.20. The normalized spacial score (nSPS) is 16.6. The van der Waals surface area contributed by atoms with Crippen molar-refractivity contribution in [2.45, 2.75) is 32.2 Å². The van der Waals surface area contributed by atoms with Gasteiger partial charge in [-0.2, -0.15) is 5.26 Å². The average Bonchev–Trinajstić information content (AvgIpc) is 3.29. The summed E-state index contributed by atoms with van der Waals surface area (Å²) in [6, 6.07) is 14.5. The van der Waals surface area contributed by atoms with E-state index in [0.717, 1.165) is 14.8 Å². The molecular weight excluding hydrogens is 608 g/mol. The average molecular weight is 636 g/mol. The summed E-state index contributed by atoms with van der Waals surface area (Å²) in [6.45, 7) is 0.763. The van der Waals surface area contributed by atoms with E-state index in [1.165, 1.54) is 6.26 Å². The van der Waals surface area contributed by atoms with Crippen LogP contribution in [0.15, 0.2) is 55.0 Å². The minimum Gasteiger partial charge on any atom is -0.329 e. The fourth-order valence-electron chi connectivity index (χ4n) is 4.45. The molecule has 0 spiro atoms. The van der Waals surface area contributed by atoms with E-state index < -0.39 is 16.5 Å². The Hall–Kier alpha value is -2.82. The van der Waals surface area contributed by atoms with E-state index in [9.17, 15) is 17.6 Å². The molecule has 8 nitrogen and oxygen atoms in total. The van der Waals surface area contributed by atoms with Gasteiger partial charge >= 0.3 is 0 Å². The van der Waals surface area contributed by atoms with Gasteiger partial charge in [0.1, 0.15) is 16.5 Å². The molecule has 1 fully saturated rings. The van der Waals surface area contributed by atoms with Crippen LogP contribution in [-0.4, -0.2) is 59.9 Å². The lowest BCUT2D eigenvalue weighted by atomic mass is 10.1. The minimum absolute atomic E-state index is 0.00273. The topological polar surface area (TPSA) is 99.3 Å². The van der Waals surface area contributed by atoms with Gasteiger partial charge in [-0.15, -0.1) is 0 Å². The molecule has 0 unspecified atom stereocenters. The first kappa shape index (κ1) is 27.2. The SMILES string of the molecule is CS(=O)(=O)CC[C@H]1CN(c2cc(I)cc(CF)c2)C(=O)CN1Cc1cncn1Cc1ccc(C#N)cc1. The number of anilines is 1. The van der Waals surface area contributed by atoms with Crippen LogP contribution in [-0.2, 0) is 34.4 Å². The van der Waals surface area contributed by atoms with Crippen LogP contribution in [0.25, 0.3) is 0 Å². The first-order valence-electron chi connectivity index (χ1n) is 11.7. The van der Waals surface area contributed by atoms with Crippen molar-refractivity contribution < 1.29 is 17.6 Å². The summed E-state index contributed by atoms with van der Waals surface area (Å²) >= 11 is 2.10. The number of sulfone groups is 1. The van der Waals surface area contributed by atoms with E-state index in [2.05, 4.69) is 33.6 Å². The molecule has 37 heavy (non-hydrogen) atoms. The van der Waals surface area contributed by atoms with Gasteiger partial charge < -0.3 is 9.47 Å². The third-order valence-electron chi connectivity index (χ3n) is 6.38. The summed E-state index contributed by atoms with van der Waals surface area (Å²) in [4.78, 5) is 21.2. The molecule has 2 heterocycles. The first-order chi connectivity index (χ1) is 17.6. The first-order valence-corrected chi connectivity index (χ1v) is 14.8. The van der Waals surface area contributed by atoms with Crippen molar-refractivity contribution >= 4 is 44.0 Å². The number of rotatable bonds is 9. The fraction of sp³-hybridized carbons (Fsp3) is 0.346. The molecule has 1 aliphatic rings. The summed E-state index contributed by atoms with van der Waals surface area (Å²) in [5.74, 6) is -0.122. The monoisotopic (exact) mass is 635 g/mol. The molecule has 0 radical (unpaired) electrons. The predicted molar refractivity (Wildman–Crippen MR) is 147 cm³/mol. The number of nitrogens with zero attached hydrogens (tertiary/aromatic N) is 5. The van der Waals surface area contributed by atoms with Crippen molar-refractivity contribution in [1.29, 1.82) is 5.26 Å². The van der Waals surface area contributed by atoms with Gasteiger partial charge in [0, 0.05) is 47.4 Å². The van der Waals surface area contributed by atoms with E-state index in [0.29, 0.717) is 42.9 Å². The second-order valence-corrected chi connectivity index (χ2v) is 12.8. The highest BCUT2D eigenvalue weighted by Gasteiger charge is 2.34. The van der Waals surface area contributed by atoms with Crippen molar-refractivity contribution in [2.24, 2.45) is 0 Å². The zero-order valence-corrected chi connectivity index (χ0v) is 23.3. The number of hydrogen-bond acceptors (Lipinski definition) is 6. The highest BCUT2D eigenvalue weighted by Crippen LogP contribution is 2.27. The number of hydrogen-bond donors (Lipinski definition) is 0. The fourth-order valence-corrected chi connectivity index (χ4v) is 5.87. The molecule has 1 atom stereocenters. The van der Waals surface area contributed by atoms with Crippen molar-refractivity contribution in [3.63, 3.8) is 0 Å². The van der Waals surface area contributed by atoms with Crippen molar-refractivity contribution in [1.82, 2.24) is 14.5 Å². The lowest BCUT2D eigenvalue weighted by Gasteiger charge is -2.41. The Morgan fingerprint density at radius 2 is 1.92 bits per heavy atom. The van der Waals surface area contributed by atoms with Crippen LogP contribution in [0.1, 0.15) is 28.8 Å². The largest absolute Gasteiger partial charge is 0.329 e. The number of imidazole rings is 1. The maximum absolute atomic E-state index is 13.4. The Labute approximate surface area is 229 Å². The summed E-state index contributed by atoms with van der Waals surface area (Å²) in [5, 5.41) is 9.03. The van der Waals surface area contributed by atoms with E-state index in [1.54, 1.807) is 41.7 Å². The molecular formula is C26H27FIN5O3S. The van der Waals surface area contributed by atoms with Crippen LogP contribution < -0.4 is 4.90 Å². The number of amides is 1. The molecule has 0 bridgehead atoms. The Morgan fingerprint density at radius 3 is 2.59 bits per heavy atom. The van der Waals surface area contributed by atoms with Gasteiger partial charge in [0.2, 0.25) is 5.91 Å². The van der Waals surface area contributed by atoms with E-state index >= 15 is 0 Å². The third-order valence-corrected chi connectivity index (χ3v) is 7.98. The number of aromatic nitrogens is 2. The number of carbonyl (C=O) groups is 1. The van der Waals surface area contributed by atoms with Crippen LogP contribution in [0.2, 0.25) is 0 Å². The van der Waals surface area contributed by atoms with Gasteiger partial charge in [0.25, 0.3) is 0 Å². The van der Waals surface area contributed by atoms with Crippen LogP contribution in [0.4, 0.5) is 10.1 Å². The molecule has 4 rings (SSSR count). The van der Waals surface area contributed by atoms with E-state index in [1.807, 2.05) is 27.7 Å². The highest BCUT2D eigenvalue weighted by molar-refractivity contribution is 14.1. The Morgan fingerprint density at radius 1 is 1.16 bits per heavy atom. The molecule has 1 aliphatic heterocycles. The van der Waals surface area contributed by atoms with Crippen LogP contribution in [0.5, 0.6) is 0 Å². The highest BCUT2D eigenvalue weighted by atomic mass is 127. The second-order valence-electron chi connectivity index (χ2n) is 9.25. The number of alkyl halides is 1. The van der Waals surface area contributed by atoms with Crippen molar-refractivity contribution in [2.75, 3.05) is 30.0 Å². The molecule has 1 amide bonds. The molecule has 2 aromatic carbocycles. The van der Waals surface area contributed by atoms with Crippen LogP contribution in [0.3, 0.4) is 0 Å². The van der Waals surface area contributed by atoms with Gasteiger partial charge in [-0.05, 0) is 70.5 Å². The Kier molecular flexibility index (Phi) is 8.61. The quantitative estimate of drug-likeness (QED) is 0.334. The van der Waals surface area contributed by atoms with E-state index in [-0.39, 0.29) is 24.2 Å². The Bertz CT molecular complexity index is 1420. The van der Waals surface area contributed by atoms with Crippen LogP contribution >= 0.6 is 22.6 Å². The van der Waals surface area contributed by atoms with E-state index in [4.69, 9.17) is 5.26 Å². The Balaban J connectivity index is 1.56. The maximum Gasteiger partial charge on any atom is 0.241 e. The zero-order chi connectivity index (χ0) is 26.6. The second kappa shape index (κ2) is 11.7. The molecule has 1 saturated heterocycles. The number of nitriles is 1.